The number of hydrogen-bond donors (Lipinski definition) is 1. The smallest absolute Gasteiger partial charge is 0.158 e. The molecule has 16 heavy (non-hydrogen) atoms. The summed E-state index contributed by atoms with van der Waals surface area (Å²) in [5.74, 6) is 0.0721. The maximum atomic E-state index is 12.0. The van der Waals surface area contributed by atoms with Crippen LogP contribution >= 0.6 is 0 Å². The predicted molar refractivity (Wildman–Crippen MR) is 66.8 cm³/mol. The standard InChI is InChI=1S/C12H19NO2S/c1-3-12(13)10(2)16(14,15)9-11-7-5-4-6-8-11/h4-8,10,12H,3,9,13H2,1-2H3. The Hall–Kier alpha value is -0.870. The van der Waals surface area contributed by atoms with Crippen LogP contribution in [0.5, 0.6) is 0 Å². The lowest BCUT2D eigenvalue weighted by Gasteiger charge is -2.18. The van der Waals surface area contributed by atoms with Crippen LogP contribution in [-0.4, -0.2) is 19.7 Å². The van der Waals surface area contributed by atoms with E-state index in [2.05, 4.69) is 0 Å². The van der Waals surface area contributed by atoms with Gasteiger partial charge >= 0.3 is 0 Å². The second kappa shape index (κ2) is 5.46. The lowest BCUT2D eigenvalue weighted by molar-refractivity contribution is 0.551. The summed E-state index contributed by atoms with van der Waals surface area (Å²) in [6.07, 6.45) is 0.676. The third-order valence-electron chi connectivity index (χ3n) is 2.85. The minimum atomic E-state index is -3.15. The molecule has 0 bridgehead atoms. The van der Waals surface area contributed by atoms with Crippen LogP contribution in [0.2, 0.25) is 0 Å². The van der Waals surface area contributed by atoms with Crippen LogP contribution in [0.15, 0.2) is 30.3 Å². The van der Waals surface area contributed by atoms with E-state index in [1.807, 2.05) is 37.3 Å². The normalized spacial score (nSPS) is 15.7. The van der Waals surface area contributed by atoms with Gasteiger partial charge in [-0.05, 0) is 18.9 Å². The maximum absolute atomic E-state index is 12.0. The van der Waals surface area contributed by atoms with Gasteiger partial charge in [-0.1, -0.05) is 37.3 Å². The van der Waals surface area contributed by atoms with Gasteiger partial charge < -0.3 is 5.73 Å². The average molecular weight is 241 g/mol. The van der Waals surface area contributed by atoms with E-state index in [4.69, 9.17) is 5.73 Å². The van der Waals surface area contributed by atoms with Crippen LogP contribution in [0, 0.1) is 0 Å². The number of hydrogen-bond acceptors (Lipinski definition) is 3. The molecular weight excluding hydrogens is 222 g/mol. The quantitative estimate of drug-likeness (QED) is 0.854. The molecule has 0 aromatic heterocycles. The molecule has 0 aliphatic carbocycles. The molecular formula is C12H19NO2S. The van der Waals surface area contributed by atoms with Crippen molar-refractivity contribution in [2.45, 2.75) is 37.3 Å². The highest BCUT2D eigenvalue weighted by Crippen LogP contribution is 2.14. The molecule has 1 aromatic carbocycles. The summed E-state index contributed by atoms with van der Waals surface area (Å²) in [6.45, 7) is 3.59. The second-order valence-electron chi connectivity index (χ2n) is 4.07. The molecule has 0 saturated heterocycles. The summed E-state index contributed by atoms with van der Waals surface area (Å²) in [5, 5.41) is -0.488. The maximum Gasteiger partial charge on any atom is 0.158 e. The minimum absolute atomic E-state index is 0.0721. The summed E-state index contributed by atoms with van der Waals surface area (Å²) in [7, 11) is -3.15. The van der Waals surface area contributed by atoms with Crippen molar-refractivity contribution in [3.05, 3.63) is 35.9 Å². The van der Waals surface area contributed by atoms with E-state index in [0.717, 1.165) is 5.56 Å². The van der Waals surface area contributed by atoms with Crippen molar-refractivity contribution < 1.29 is 8.42 Å². The summed E-state index contributed by atoms with van der Waals surface area (Å²) in [4.78, 5) is 0. The van der Waals surface area contributed by atoms with Crippen LogP contribution in [0.4, 0.5) is 0 Å². The highest BCUT2D eigenvalue weighted by molar-refractivity contribution is 7.91. The van der Waals surface area contributed by atoms with Gasteiger partial charge in [0, 0.05) is 6.04 Å². The van der Waals surface area contributed by atoms with Crippen LogP contribution < -0.4 is 5.73 Å². The fourth-order valence-electron chi connectivity index (χ4n) is 1.54. The molecule has 1 aromatic rings. The van der Waals surface area contributed by atoms with E-state index in [1.165, 1.54) is 0 Å². The van der Waals surface area contributed by atoms with E-state index in [9.17, 15) is 8.42 Å². The Morgan fingerprint density at radius 3 is 2.31 bits per heavy atom. The Kier molecular flexibility index (Phi) is 4.50. The molecule has 0 spiro atoms. The fourth-order valence-corrected chi connectivity index (χ4v) is 3.18. The molecule has 0 radical (unpaired) electrons. The largest absolute Gasteiger partial charge is 0.327 e. The Morgan fingerprint density at radius 2 is 1.81 bits per heavy atom. The van der Waals surface area contributed by atoms with Crippen molar-refractivity contribution in [3.8, 4) is 0 Å². The van der Waals surface area contributed by atoms with E-state index in [1.54, 1.807) is 6.92 Å². The average Bonchev–Trinajstić information content (AvgIpc) is 2.27. The number of sulfone groups is 1. The second-order valence-corrected chi connectivity index (χ2v) is 6.43. The van der Waals surface area contributed by atoms with Gasteiger partial charge in [-0.15, -0.1) is 0 Å². The highest BCUT2D eigenvalue weighted by Gasteiger charge is 2.25. The van der Waals surface area contributed by atoms with Gasteiger partial charge in [0.1, 0.15) is 0 Å². The minimum Gasteiger partial charge on any atom is -0.327 e. The van der Waals surface area contributed by atoms with Crippen molar-refractivity contribution >= 4 is 9.84 Å². The van der Waals surface area contributed by atoms with Gasteiger partial charge in [0.25, 0.3) is 0 Å². The van der Waals surface area contributed by atoms with Gasteiger partial charge in [0.05, 0.1) is 11.0 Å². The van der Waals surface area contributed by atoms with Crippen molar-refractivity contribution in [1.29, 1.82) is 0 Å². The lowest BCUT2D eigenvalue weighted by atomic mass is 10.2. The van der Waals surface area contributed by atoms with Gasteiger partial charge in [-0.2, -0.15) is 0 Å². The molecule has 0 aliphatic rings. The van der Waals surface area contributed by atoms with Crippen molar-refractivity contribution in [1.82, 2.24) is 0 Å². The molecule has 4 heteroatoms. The zero-order chi connectivity index (χ0) is 12.2. The first-order chi connectivity index (χ1) is 7.47. The van der Waals surface area contributed by atoms with Crippen molar-refractivity contribution in [3.63, 3.8) is 0 Å². The Morgan fingerprint density at radius 1 is 1.25 bits per heavy atom. The Balaban J connectivity index is 2.80. The topological polar surface area (TPSA) is 60.2 Å². The lowest BCUT2D eigenvalue weighted by Crippen LogP contribution is -2.38. The molecule has 90 valence electrons. The van der Waals surface area contributed by atoms with Crippen LogP contribution in [0.25, 0.3) is 0 Å². The van der Waals surface area contributed by atoms with Crippen LogP contribution in [0.1, 0.15) is 25.8 Å². The number of benzene rings is 1. The van der Waals surface area contributed by atoms with Crippen LogP contribution in [0.3, 0.4) is 0 Å². The van der Waals surface area contributed by atoms with Gasteiger partial charge in [-0.25, -0.2) is 8.42 Å². The van der Waals surface area contributed by atoms with Crippen molar-refractivity contribution in [2.24, 2.45) is 5.73 Å². The molecule has 0 heterocycles. The first-order valence-electron chi connectivity index (χ1n) is 5.48. The first-order valence-corrected chi connectivity index (χ1v) is 7.20. The molecule has 0 aliphatic heterocycles. The first kappa shape index (κ1) is 13.2. The number of rotatable bonds is 5. The zero-order valence-corrected chi connectivity index (χ0v) is 10.6. The Bertz CT molecular complexity index is 414. The molecule has 1 rings (SSSR count). The third-order valence-corrected chi connectivity index (χ3v) is 5.07. The molecule has 2 unspecified atom stereocenters. The summed E-state index contributed by atoms with van der Waals surface area (Å²) >= 11 is 0. The zero-order valence-electron chi connectivity index (χ0n) is 9.76. The summed E-state index contributed by atoms with van der Waals surface area (Å²) in [6, 6.07) is 8.92. The molecule has 0 amide bonds. The van der Waals surface area contributed by atoms with Crippen LogP contribution in [-0.2, 0) is 15.6 Å². The predicted octanol–water partition coefficient (Wildman–Crippen LogP) is 1.73. The number of nitrogens with two attached hydrogens (primary N) is 1. The highest BCUT2D eigenvalue weighted by atomic mass is 32.2. The molecule has 2 atom stereocenters. The van der Waals surface area contributed by atoms with Crippen molar-refractivity contribution in [2.75, 3.05) is 0 Å². The Labute approximate surface area is 97.6 Å². The van der Waals surface area contributed by atoms with E-state index in [-0.39, 0.29) is 11.8 Å². The SMILES string of the molecule is CCC(N)C(C)S(=O)(=O)Cc1ccccc1. The third kappa shape index (κ3) is 3.32. The van der Waals surface area contributed by atoms with E-state index >= 15 is 0 Å². The summed E-state index contributed by atoms with van der Waals surface area (Å²) in [5.41, 5.74) is 6.59. The van der Waals surface area contributed by atoms with Gasteiger partial charge in [-0.3, -0.25) is 0 Å². The molecule has 2 N–H and O–H groups in total. The monoisotopic (exact) mass is 241 g/mol. The molecule has 0 saturated carbocycles. The van der Waals surface area contributed by atoms with Gasteiger partial charge in [0.15, 0.2) is 9.84 Å². The van der Waals surface area contributed by atoms with E-state index in [0.29, 0.717) is 6.42 Å². The van der Waals surface area contributed by atoms with Gasteiger partial charge in [0.2, 0.25) is 0 Å². The van der Waals surface area contributed by atoms with E-state index < -0.39 is 15.1 Å². The molecule has 3 nitrogen and oxygen atoms in total. The summed E-state index contributed by atoms with van der Waals surface area (Å²) < 4.78 is 24.0. The molecule has 0 fully saturated rings. The fraction of sp³-hybridized carbons (Fsp3) is 0.500.